The van der Waals surface area contributed by atoms with Crippen LogP contribution in [0.1, 0.15) is 13.8 Å². The average Bonchev–Trinajstić information content (AvgIpc) is 2.25. The van der Waals surface area contributed by atoms with Crippen LogP contribution >= 0.6 is 28.7 Å². The maximum absolute atomic E-state index is 12.7. The van der Waals surface area contributed by atoms with E-state index < -0.39 is 21.1 Å². The Kier molecular flexibility index (Phi) is 8.43. The minimum Gasteiger partial charge on any atom is -0.282 e. The van der Waals surface area contributed by atoms with Gasteiger partial charge < -0.3 is 0 Å². The molecule has 12 heteroatoms. The van der Waals surface area contributed by atoms with Crippen molar-refractivity contribution in [2.75, 3.05) is 24.3 Å². The second kappa shape index (κ2) is 8.03. The van der Waals surface area contributed by atoms with Crippen LogP contribution in [0.25, 0.3) is 0 Å². The Labute approximate surface area is 131 Å². The quantitative estimate of drug-likeness (QED) is 0.643. The summed E-state index contributed by atoms with van der Waals surface area (Å²) in [7, 11) is -5.50. The molecule has 1 atom stereocenters. The van der Waals surface area contributed by atoms with Gasteiger partial charge in [-0.05, 0) is 12.2 Å². The summed E-state index contributed by atoms with van der Waals surface area (Å²) in [6.45, 7) is 3.38. The van der Waals surface area contributed by atoms with E-state index >= 15 is 0 Å². The Morgan fingerprint density at radius 1 is 1.40 bits per heavy atom. The van der Waals surface area contributed by atoms with Crippen LogP contribution in [0.4, 0.5) is 13.2 Å². The molecule has 4 nitrogen and oxygen atoms in total. The molecule has 0 aliphatic heterocycles. The maximum Gasteiger partial charge on any atom is 0.512 e. The standard InChI is InChI=1S/C8H18F3N2O2PS4/c1-7(2)6-19-16(12,17)13(4-5-18-3)20(14,15)8(9,10)11/h7H,4-6H2,1-3H3,(H2,12,17). The highest BCUT2D eigenvalue weighted by atomic mass is 32.9. The zero-order valence-corrected chi connectivity index (χ0v) is 15.4. The molecule has 0 heterocycles. The Morgan fingerprint density at radius 2 is 1.90 bits per heavy atom. The van der Waals surface area contributed by atoms with Gasteiger partial charge in [-0.1, -0.05) is 37.0 Å². The largest absolute Gasteiger partial charge is 0.512 e. The number of thioether (sulfide) groups is 1. The zero-order chi connectivity index (χ0) is 16.2. The van der Waals surface area contributed by atoms with Crippen molar-refractivity contribution in [2.24, 2.45) is 11.4 Å². The van der Waals surface area contributed by atoms with Gasteiger partial charge in [0.1, 0.15) is 5.54 Å². The number of rotatable bonds is 8. The van der Waals surface area contributed by atoms with Crippen molar-refractivity contribution >= 4 is 50.5 Å². The molecule has 0 fully saturated rings. The molecule has 0 aromatic heterocycles. The third kappa shape index (κ3) is 6.02. The van der Waals surface area contributed by atoms with Gasteiger partial charge in [0.15, 0.2) is 0 Å². The van der Waals surface area contributed by atoms with Gasteiger partial charge in [-0.3, -0.25) is 5.50 Å². The molecule has 0 spiro atoms. The summed E-state index contributed by atoms with van der Waals surface area (Å²) in [5.74, 6) is 0.770. The Morgan fingerprint density at radius 3 is 2.25 bits per heavy atom. The summed E-state index contributed by atoms with van der Waals surface area (Å²) >= 11 is 7.16. The first kappa shape index (κ1) is 21.0. The summed E-state index contributed by atoms with van der Waals surface area (Å²) in [4.78, 5) is 0. The van der Waals surface area contributed by atoms with E-state index in [1.807, 2.05) is 13.8 Å². The van der Waals surface area contributed by atoms with Crippen molar-refractivity contribution in [3.05, 3.63) is 0 Å². The number of nitrogens with two attached hydrogens (primary N) is 1. The number of halogens is 3. The van der Waals surface area contributed by atoms with Gasteiger partial charge in [0.2, 0.25) is 0 Å². The number of nitrogens with zero attached hydrogens (tertiary/aromatic N) is 1. The monoisotopic (exact) mass is 390 g/mol. The Hall–Kier alpha value is 1.01. The van der Waals surface area contributed by atoms with Crippen LogP contribution in [-0.4, -0.2) is 42.3 Å². The molecule has 0 aromatic rings. The average molecular weight is 390 g/mol. The van der Waals surface area contributed by atoms with Crippen molar-refractivity contribution in [3.8, 4) is 0 Å². The molecule has 0 radical (unpaired) electrons. The zero-order valence-electron chi connectivity index (χ0n) is 11.3. The van der Waals surface area contributed by atoms with Gasteiger partial charge in [0.25, 0.3) is 0 Å². The van der Waals surface area contributed by atoms with Gasteiger partial charge in [0.05, 0.1) is 0 Å². The van der Waals surface area contributed by atoms with Crippen molar-refractivity contribution in [1.82, 2.24) is 4.08 Å². The van der Waals surface area contributed by atoms with Crippen molar-refractivity contribution in [3.63, 3.8) is 0 Å². The fraction of sp³-hybridized carbons (Fsp3) is 1.00. The molecule has 0 aromatic carbocycles. The lowest BCUT2D eigenvalue weighted by Crippen LogP contribution is -2.40. The van der Waals surface area contributed by atoms with Crippen molar-refractivity contribution < 1.29 is 21.6 Å². The summed E-state index contributed by atoms with van der Waals surface area (Å²) in [6, 6.07) is 0. The van der Waals surface area contributed by atoms with Crippen LogP contribution in [0.5, 0.6) is 0 Å². The fourth-order valence-electron chi connectivity index (χ4n) is 1.02. The first-order valence-corrected chi connectivity index (χ1v) is 12.7. The number of sulfonamides is 1. The van der Waals surface area contributed by atoms with E-state index in [9.17, 15) is 21.6 Å². The fourth-order valence-corrected chi connectivity index (χ4v) is 9.66. The van der Waals surface area contributed by atoms with Gasteiger partial charge in [-0.25, -0.2) is 8.42 Å². The highest BCUT2D eigenvalue weighted by molar-refractivity contribution is 8.70. The van der Waals surface area contributed by atoms with E-state index in [-0.39, 0.29) is 22.3 Å². The van der Waals surface area contributed by atoms with E-state index in [4.69, 9.17) is 17.3 Å². The lowest BCUT2D eigenvalue weighted by atomic mass is 10.3. The summed E-state index contributed by atoms with van der Waals surface area (Å²) in [6.07, 6.45) is 1.67. The molecular formula is C8H18F3N2O2PS4. The molecule has 1 unspecified atom stereocenters. The van der Waals surface area contributed by atoms with Gasteiger partial charge in [-0.2, -0.15) is 24.9 Å². The summed E-state index contributed by atoms with van der Waals surface area (Å²) < 4.78 is 61.6. The second-order valence-electron chi connectivity index (χ2n) is 4.24. The molecule has 0 aliphatic rings. The third-order valence-electron chi connectivity index (χ3n) is 1.96. The van der Waals surface area contributed by atoms with Crippen LogP contribution in [-0.2, 0) is 21.8 Å². The van der Waals surface area contributed by atoms with E-state index in [0.29, 0.717) is 5.75 Å². The predicted molar refractivity (Wildman–Crippen MR) is 85.8 cm³/mol. The second-order valence-corrected chi connectivity index (χ2v) is 14.4. The number of hydrogen-bond acceptors (Lipinski definition) is 5. The molecule has 0 bridgehead atoms. The van der Waals surface area contributed by atoms with E-state index in [0.717, 1.165) is 11.4 Å². The smallest absolute Gasteiger partial charge is 0.282 e. The molecule has 0 rings (SSSR count). The van der Waals surface area contributed by atoms with Crippen LogP contribution in [0.2, 0.25) is 0 Å². The topological polar surface area (TPSA) is 63.4 Å². The molecular weight excluding hydrogens is 372 g/mol. The van der Waals surface area contributed by atoms with Crippen molar-refractivity contribution in [1.29, 1.82) is 0 Å². The molecule has 20 heavy (non-hydrogen) atoms. The van der Waals surface area contributed by atoms with Gasteiger partial charge >= 0.3 is 15.5 Å². The highest BCUT2D eigenvalue weighted by Gasteiger charge is 2.53. The SMILES string of the molecule is CSCCN(P(N)(=S)SCC(C)C)S(=O)(=O)C(F)(F)F. The molecule has 0 aliphatic carbocycles. The highest BCUT2D eigenvalue weighted by Crippen LogP contribution is 2.58. The van der Waals surface area contributed by atoms with E-state index in [2.05, 4.69) is 0 Å². The minimum absolute atomic E-state index is 0.155. The first-order chi connectivity index (χ1) is 8.86. The molecule has 2 N–H and O–H groups in total. The Bertz CT molecular complexity index is 455. The lowest BCUT2D eigenvalue weighted by Gasteiger charge is -2.31. The van der Waals surface area contributed by atoms with Crippen molar-refractivity contribution in [2.45, 2.75) is 19.4 Å². The number of alkyl halides is 3. The maximum atomic E-state index is 12.7. The minimum atomic E-state index is -5.50. The number of hydrogen-bond donors (Lipinski definition) is 1. The Balaban J connectivity index is 5.41. The molecule has 0 saturated carbocycles. The first-order valence-electron chi connectivity index (χ1n) is 5.48. The molecule has 122 valence electrons. The predicted octanol–water partition coefficient (Wildman–Crippen LogP) is 3.07. The normalized spacial score (nSPS) is 16.6. The van der Waals surface area contributed by atoms with Crippen LogP contribution < -0.4 is 5.50 Å². The summed E-state index contributed by atoms with van der Waals surface area (Å²) in [5.41, 5.74) is -2.96. The van der Waals surface area contributed by atoms with Crippen LogP contribution in [0.15, 0.2) is 0 Å². The summed E-state index contributed by atoms with van der Waals surface area (Å²) in [5, 5.41) is 0. The molecule has 0 saturated heterocycles. The van der Waals surface area contributed by atoms with E-state index in [1.165, 1.54) is 11.8 Å². The van der Waals surface area contributed by atoms with Gasteiger partial charge in [0, 0.05) is 18.1 Å². The van der Waals surface area contributed by atoms with Crippen LogP contribution in [0.3, 0.4) is 0 Å². The van der Waals surface area contributed by atoms with Gasteiger partial charge in [-0.15, -0.1) is 4.08 Å². The lowest BCUT2D eigenvalue weighted by molar-refractivity contribution is -0.0467. The van der Waals surface area contributed by atoms with E-state index in [1.54, 1.807) is 6.26 Å². The third-order valence-corrected chi connectivity index (χ3v) is 11.6. The molecule has 0 amide bonds. The van der Waals surface area contributed by atoms with Crippen LogP contribution in [0, 0.1) is 5.92 Å².